The van der Waals surface area contributed by atoms with Crippen LogP contribution in [0.5, 0.6) is 0 Å². The smallest absolute Gasteiger partial charge is 0.0210 e. The van der Waals surface area contributed by atoms with E-state index in [-0.39, 0.29) is 0 Å². The maximum atomic E-state index is 2.54. The van der Waals surface area contributed by atoms with Gasteiger partial charge >= 0.3 is 0 Å². The average Bonchev–Trinajstić information content (AvgIpc) is 2.74. The normalized spacial score (nSPS) is 13.0. The minimum atomic E-state index is 0.800. The third-order valence-corrected chi connectivity index (χ3v) is 6.85. The molecule has 0 fully saturated rings. The Morgan fingerprint density at radius 3 is 1.23 bits per heavy atom. The van der Waals surface area contributed by atoms with Gasteiger partial charge in [0.2, 0.25) is 0 Å². The summed E-state index contributed by atoms with van der Waals surface area (Å²) in [5, 5.41) is 0. The lowest BCUT2D eigenvalue weighted by atomic mass is 9.89. The van der Waals surface area contributed by atoms with Crippen LogP contribution in [0.15, 0.2) is 12.2 Å². The van der Waals surface area contributed by atoms with Crippen molar-refractivity contribution < 1.29 is 0 Å². The number of allylic oxidation sites excluding steroid dienone is 2. The Hall–Kier alpha value is -0.260. The molecule has 1 unspecified atom stereocenters. The summed E-state index contributed by atoms with van der Waals surface area (Å²) in [6, 6.07) is 0. The molecule has 0 aromatic heterocycles. The molecule has 0 aromatic rings. The Balaban J connectivity index is 3.35. The van der Waals surface area contributed by atoms with Gasteiger partial charge in [0.05, 0.1) is 0 Å². The van der Waals surface area contributed by atoms with Gasteiger partial charge in [-0.2, -0.15) is 0 Å². The maximum Gasteiger partial charge on any atom is -0.0210 e. The highest BCUT2D eigenvalue weighted by molar-refractivity contribution is 4.89. The second-order valence-electron chi connectivity index (χ2n) is 10.3. The molecule has 1 atom stereocenters. The van der Waals surface area contributed by atoms with E-state index in [9.17, 15) is 0 Å². The van der Waals surface area contributed by atoms with Gasteiger partial charge in [-0.3, -0.25) is 0 Å². The number of rotatable bonds is 24. The Morgan fingerprint density at radius 2 is 0.833 bits per heavy atom. The molecule has 0 rings (SSSR count). The fourth-order valence-electron chi connectivity index (χ4n) is 4.54. The highest BCUT2D eigenvalue weighted by Gasteiger charge is 2.08. The summed E-state index contributed by atoms with van der Waals surface area (Å²) in [6.07, 6.45) is 36.7. The lowest BCUT2D eigenvalue weighted by Gasteiger charge is -2.16. The standard InChI is InChI=1S/C30H60/c1-5-7-9-11-12-13-14-15-16-17-18-19-20-21-22-23-24-26-28-30(29(3)4)27-25-10-8-6-2/h26,28-30H,5-25,27H2,1-4H3/b28-26+. The predicted octanol–water partition coefficient (Wildman–Crippen LogP) is 11.4. The molecule has 0 N–H and O–H groups in total. The Bertz CT molecular complexity index is 327. The molecule has 0 amide bonds. The molecule has 0 saturated heterocycles. The van der Waals surface area contributed by atoms with Gasteiger partial charge in [-0.25, -0.2) is 0 Å². The number of hydrogen-bond donors (Lipinski definition) is 0. The van der Waals surface area contributed by atoms with Crippen LogP contribution in [-0.4, -0.2) is 0 Å². The lowest BCUT2D eigenvalue weighted by molar-refractivity contribution is 0.414. The van der Waals surface area contributed by atoms with E-state index >= 15 is 0 Å². The van der Waals surface area contributed by atoms with Crippen LogP contribution in [-0.2, 0) is 0 Å². The number of unbranched alkanes of at least 4 members (excludes halogenated alkanes) is 19. The van der Waals surface area contributed by atoms with Crippen LogP contribution >= 0.6 is 0 Å². The predicted molar refractivity (Wildman–Crippen MR) is 140 cm³/mol. The second-order valence-corrected chi connectivity index (χ2v) is 10.3. The summed E-state index contributed by atoms with van der Waals surface area (Å²) < 4.78 is 0. The molecule has 0 saturated carbocycles. The van der Waals surface area contributed by atoms with E-state index in [1.807, 2.05) is 0 Å². The van der Waals surface area contributed by atoms with Crippen molar-refractivity contribution >= 4 is 0 Å². The topological polar surface area (TPSA) is 0 Å². The molecule has 0 spiro atoms. The molecule has 0 heteroatoms. The first-order chi connectivity index (χ1) is 14.7. The zero-order valence-electron chi connectivity index (χ0n) is 21.9. The zero-order valence-corrected chi connectivity index (χ0v) is 21.9. The van der Waals surface area contributed by atoms with E-state index in [4.69, 9.17) is 0 Å². The molecule has 180 valence electrons. The molecule has 0 heterocycles. The largest absolute Gasteiger partial charge is 0.0883 e. The minimum Gasteiger partial charge on any atom is -0.0883 e. The van der Waals surface area contributed by atoms with Crippen molar-refractivity contribution in [3.8, 4) is 0 Å². The van der Waals surface area contributed by atoms with Gasteiger partial charge in [0.15, 0.2) is 0 Å². The first kappa shape index (κ1) is 29.7. The Morgan fingerprint density at radius 1 is 0.467 bits per heavy atom. The van der Waals surface area contributed by atoms with Gasteiger partial charge in [0.1, 0.15) is 0 Å². The monoisotopic (exact) mass is 420 g/mol. The molecule has 0 aliphatic heterocycles. The summed E-state index contributed by atoms with van der Waals surface area (Å²) in [4.78, 5) is 0. The molecular formula is C30H60. The van der Waals surface area contributed by atoms with Crippen molar-refractivity contribution in [2.45, 2.75) is 169 Å². The quantitative estimate of drug-likeness (QED) is 0.107. The second kappa shape index (κ2) is 25.0. The SMILES string of the molecule is CCCCCCCCCCCCCCCCCC/C=C/C(CCCCCC)C(C)C. The first-order valence-corrected chi connectivity index (χ1v) is 14.4. The van der Waals surface area contributed by atoms with Gasteiger partial charge in [0.25, 0.3) is 0 Å². The van der Waals surface area contributed by atoms with Gasteiger partial charge < -0.3 is 0 Å². The van der Waals surface area contributed by atoms with Crippen molar-refractivity contribution in [3.63, 3.8) is 0 Å². The Kier molecular flexibility index (Phi) is 24.8. The van der Waals surface area contributed by atoms with Crippen LogP contribution in [0.25, 0.3) is 0 Å². The third kappa shape index (κ3) is 22.4. The van der Waals surface area contributed by atoms with Crippen LogP contribution in [0.2, 0.25) is 0 Å². The molecule has 0 aliphatic rings. The van der Waals surface area contributed by atoms with Gasteiger partial charge in [0, 0.05) is 0 Å². The molecule has 30 heavy (non-hydrogen) atoms. The van der Waals surface area contributed by atoms with Crippen LogP contribution in [0, 0.1) is 11.8 Å². The fraction of sp³-hybridized carbons (Fsp3) is 0.933. The Labute approximate surface area is 193 Å². The van der Waals surface area contributed by atoms with Crippen LogP contribution < -0.4 is 0 Å². The summed E-state index contributed by atoms with van der Waals surface area (Å²) in [5.74, 6) is 1.61. The molecule has 0 radical (unpaired) electrons. The average molecular weight is 421 g/mol. The highest BCUT2D eigenvalue weighted by Crippen LogP contribution is 2.21. The maximum absolute atomic E-state index is 2.54. The lowest BCUT2D eigenvalue weighted by Crippen LogP contribution is -2.05. The van der Waals surface area contributed by atoms with Crippen LogP contribution in [0.1, 0.15) is 169 Å². The van der Waals surface area contributed by atoms with E-state index in [1.54, 1.807) is 0 Å². The highest BCUT2D eigenvalue weighted by atomic mass is 14.1. The van der Waals surface area contributed by atoms with Crippen molar-refractivity contribution in [1.29, 1.82) is 0 Å². The van der Waals surface area contributed by atoms with Crippen molar-refractivity contribution in [3.05, 3.63) is 12.2 Å². The van der Waals surface area contributed by atoms with Crippen LogP contribution in [0.4, 0.5) is 0 Å². The summed E-state index contributed by atoms with van der Waals surface area (Å²) in [7, 11) is 0. The summed E-state index contributed by atoms with van der Waals surface area (Å²) in [5.41, 5.74) is 0. The molecule has 0 nitrogen and oxygen atoms in total. The molecule has 0 aliphatic carbocycles. The molecule has 0 aromatic carbocycles. The number of hydrogen-bond acceptors (Lipinski definition) is 0. The minimum absolute atomic E-state index is 0.800. The van der Waals surface area contributed by atoms with Crippen molar-refractivity contribution in [1.82, 2.24) is 0 Å². The van der Waals surface area contributed by atoms with E-state index < -0.39 is 0 Å². The summed E-state index contributed by atoms with van der Waals surface area (Å²) in [6.45, 7) is 9.39. The summed E-state index contributed by atoms with van der Waals surface area (Å²) >= 11 is 0. The molecular weight excluding hydrogens is 360 g/mol. The zero-order chi connectivity index (χ0) is 22.1. The molecule has 0 bridgehead atoms. The van der Waals surface area contributed by atoms with E-state index in [0.29, 0.717) is 0 Å². The van der Waals surface area contributed by atoms with Gasteiger partial charge in [-0.1, -0.05) is 162 Å². The van der Waals surface area contributed by atoms with Gasteiger partial charge in [-0.05, 0) is 31.1 Å². The fourth-order valence-corrected chi connectivity index (χ4v) is 4.54. The third-order valence-electron chi connectivity index (χ3n) is 6.85. The van der Waals surface area contributed by atoms with E-state index in [1.165, 1.54) is 141 Å². The van der Waals surface area contributed by atoms with E-state index in [0.717, 1.165) is 11.8 Å². The first-order valence-electron chi connectivity index (χ1n) is 14.4. The van der Waals surface area contributed by atoms with Gasteiger partial charge in [-0.15, -0.1) is 0 Å². The van der Waals surface area contributed by atoms with Crippen molar-refractivity contribution in [2.75, 3.05) is 0 Å². The van der Waals surface area contributed by atoms with Crippen molar-refractivity contribution in [2.24, 2.45) is 11.8 Å². The van der Waals surface area contributed by atoms with E-state index in [2.05, 4.69) is 39.8 Å². The van der Waals surface area contributed by atoms with Crippen LogP contribution in [0.3, 0.4) is 0 Å².